The molecule has 0 unspecified atom stereocenters. The van der Waals surface area contributed by atoms with E-state index in [0.29, 0.717) is 12.1 Å². The molecule has 1 aliphatic carbocycles. The topological polar surface area (TPSA) is 29.3 Å². The summed E-state index contributed by atoms with van der Waals surface area (Å²) in [6.07, 6.45) is 7.05. The zero-order chi connectivity index (χ0) is 17.5. The van der Waals surface area contributed by atoms with Crippen molar-refractivity contribution in [3.8, 4) is 0 Å². The average molecular weight is 357 g/mol. The van der Waals surface area contributed by atoms with E-state index >= 15 is 0 Å². The average Bonchev–Trinajstić information content (AvgIpc) is 2.63. The van der Waals surface area contributed by atoms with Gasteiger partial charge in [0, 0.05) is 23.7 Å². The van der Waals surface area contributed by atoms with Crippen LogP contribution in [0.25, 0.3) is 0 Å². The minimum Gasteiger partial charge on any atom is -0.328 e. The number of halogens is 1. The molecule has 2 nitrogen and oxygen atoms in total. The van der Waals surface area contributed by atoms with Crippen LogP contribution in [0.1, 0.15) is 43.2 Å². The molecule has 0 aromatic heterocycles. The van der Waals surface area contributed by atoms with Gasteiger partial charge in [0.2, 0.25) is 0 Å². The van der Waals surface area contributed by atoms with Crippen LogP contribution in [0.2, 0.25) is 5.02 Å². The number of hydrogen-bond donors (Lipinski definition) is 1. The van der Waals surface area contributed by atoms with Gasteiger partial charge in [0.15, 0.2) is 0 Å². The van der Waals surface area contributed by atoms with E-state index < -0.39 is 0 Å². The van der Waals surface area contributed by atoms with Gasteiger partial charge in [-0.25, -0.2) is 0 Å². The summed E-state index contributed by atoms with van der Waals surface area (Å²) in [6, 6.07) is 20.1. The van der Waals surface area contributed by atoms with E-state index in [1.54, 1.807) is 0 Å². The molecule has 1 fully saturated rings. The van der Waals surface area contributed by atoms with Gasteiger partial charge in [-0.05, 0) is 68.3 Å². The molecule has 0 heterocycles. The van der Waals surface area contributed by atoms with E-state index in [4.69, 9.17) is 17.3 Å². The molecule has 0 amide bonds. The van der Waals surface area contributed by atoms with Crippen molar-refractivity contribution in [3.63, 3.8) is 0 Å². The maximum absolute atomic E-state index is 6.18. The Morgan fingerprint density at radius 2 is 1.64 bits per heavy atom. The number of nitrogens with two attached hydrogens (primary N) is 1. The molecule has 25 heavy (non-hydrogen) atoms. The fourth-order valence-corrected chi connectivity index (χ4v) is 4.07. The van der Waals surface area contributed by atoms with E-state index in [2.05, 4.69) is 53.4 Å². The summed E-state index contributed by atoms with van der Waals surface area (Å²) in [5.74, 6) is 0. The van der Waals surface area contributed by atoms with Gasteiger partial charge < -0.3 is 5.73 Å². The normalized spacial score (nSPS) is 20.8. The predicted octanol–water partition coefficient (Wildman–Crippen LogP) is 5.04. The van der Waals surface area contributed by atoms with Crippen molar-refractivity contribution in [2.24, 2.45) is 5.73 Å². The summed E-state index contributed by atoms with van der Waals surface area (Å²) < 4.78 is 0. The van der Waals surface area contributed by atoms with Crippen molar-refractivity contribution < 1.29 is 0 Å². The molecule has 2 N–H and O–H groups in total. The number of aryl methyl sites for hydroxylation is 1. The van der Waals surface area contributed by atoms with Gasteiger partial charge in [0.1, 0.15) is 0 Å². The van der Waals surface area contributed by atoms with Crippen molar-refractivity contribution in [2.45, 2.75) is 57.2 Å². The van der Waals surface area contributed by atoms with Crippen molar-refractivity contribution in [3.05, 3.63) is 70.7 Å². The molecule has 3 rings (SSSR count). The van der Waals surface area contributed by atoms with Gasteiger partial charge in [-0.3, -0.25) is 4.90 Å². The first-order valence-electron chi connectivity index (χ1n) is 9.49. The third-order valence-corrected chi connectivity index (χ3v) is 5.52. The second-order valence-electron chi connectivity index (χ2n) is 7.26. The standard InChI is InChI=1S/C22H29ClN2/c23-20-10-4-8-19(16-20)17-25(22-13-11-21(24)12-14-22)15-5-9-18-6-2-1-3-7-18/h1-4,6-8,10,16,21-22H,5,9,11-15,17,24H2. The van der Waals surface area contributed by atoms with Crippen LogP contribution in [0.15, 0.2) is 54.6 Å². The maximum atomic E-state index is 6.18. The van der Waals surface area contributed by atoms with E-state index in [9.17, 15) is 0 Å². The quantitative estimate of drug-likeness (QED) is 0.752. The second-order valence-corrected chi connectivity index (χ2v) is 7.69. The summed E-state index contributed by atoms with van der Waals surface area (Å²) in [6.45, 7) is 2.11. The molecule has 3 heteroatoms. The van der Waals surface area contributed by atoms with Crippen LogP contribution in [-0.4, -0.2) is 23.5 Å². The van der Waals surface area contributed by atoms with E-state index in [1.807, 2.05) is 6.07 Å². The molecule has 134 valence electrons. The third kappa shape index (κ3) is 5.85. The monoisotopic (exact) mass is 356 g/mol. The van der Waals surface area contributed by atoms with Gasteiger partial charge in [-0.1, -0.05) is 54.1 Å². The van der Waals surface area contributed by atoms with E-state index in [1.165, 1.54) is 30.4 Å². The Hall–Kier alpha value is -1.35. The van der Waals surface area contributed by atoms with Crippen molar-refractivity contribution in [2.75, 3.05) is 6.54 Å². The molecule has 2 aromatic carbocycles. The number of nitrogens with zero attached hydrogens (tertiary/aromatic N) is 1. The second kappa shape index (κ2) is 9.38. The Morgan fingerprint density at radius 1 is 0.920 bits per heavy atom. The van der Waals surface area contributed by atoms with Crippen LogP contribution in [0.3, 0.4) is 0 Å². The first kappa shape index (κ1) is 18.4. The molecule has 0 radical (unpaired) electrons. The highest BCUT2D eigenvalue weighted by atomic mass is 35.5. The molecular weight excluding hydrogens is 328 g/mol. The lowest BCUT2D eigenvalue weighted by molar-refractivity contribution is 0.140. The van der Waals surface area contributed by atoms with Crippen molar-refractivity contribution in [1.29, 1.82) is 0 Å². The number of hydrogen-bond acceptors (Lipinski definition) is 2. The van der Waals surface area contributed by atoms with Gasteiger partial charge in [0.25, 0.3) is 0 Å². The Balaban J connectivity index is 1.61. The fraction of sp³-hybridized carbons (Fsp3) is 0.455. The summed E-state index contributed by atoms with van der Waals surface area (Å²) in [5, 5.41) is 0.826. The van der Waals surface area contributed by atoms with E-state index in [-0.39, 0.29) is 0 Å². The molecular formula is C22H29ClN2. The molecule has 0 bridgehead atoms. The predicted molar refractivity (Wildman–Crippen MR) is 107 cm³/mol. The summed E-state index contributed by atoms with van der Waals surface area (Å²) in [4.78, 5) is 2.65. The largest absolute Gasteiger partial charge is 0.328 e. The van der Waals surface area contributed by atoms with Gasteiger partial charge >= 0.3 is 0 Å². The van der Waals surface area contributed by atoms with Crippen molar-refractivity contribution in [1.82, 2.24) is 4.90 Å². The fourth-order valence-electron chi connectivity index (χ4n) is 3.86. The lowest BCUT2D eigenvalue weighted by atomic mass is 9.90. The van der Waals surface area contributed by atoms with Crippen LogP contribution in [0.4, 0.5) is 0 Å². The van der Waals surface area contributed by atoms with Crippen LogP contribution in [-0.2, 0) is 13.0 Å². The molecule has 2 aromatic rings. The van der Waals surface area contributed by atoms with Crippen molar-refractivity contribution >= 4 is 11.6 Å². The number of rotatable bonds is 7. The molecule has 0 atom stereocenters. The Kier molecular flexibility index (Phi) is 6.92. The minimum absolute atomic E-state index is 0.397. The highest BCUT2D eigenvalue weighted by Crippen LogP contribution is 2.25. The number of benzene rings is 2. The molecule has 0 spiro atoms. The molecule has 1 saturated carbocycles. The smallest absolute Gasteiger partial charge is 0.0409 e. The summed E-state index contributed by atoms with van der Waals surface area (Å²) >= 11 is 6.18. The van der Waals surface area contributed by atoms with Gasteiger partial charge in [0.05, 0.1) is 0 Å². The molecule has 1 aliphatic rings. The third-order valence-electron chi connectivity index (χ3n) is 5.29. The first-order chi connectivity index (χ1) is 12.2. The summed E-state index contributed by atoms with van der Waals surface area (Å²) in [5.41, 5.74) is 8.84. The maximum Gasteiger partial charge on any atom is 0.0409 e. The Morgan fingerprint density at radius 3 is 2.36 bits per heavy atom. The minimum atomic E-state index is 0.397. The van der Waals surface area contributed by atoms with Gasteiger partial charge in [-0.2, -0.15) is 0 Å². The zero-order valence-corrected chi connectivity index (χ0v) is 15.7. The SMILES string of the molecule is NC1CCC(N(CCCc2ccccc2)Cc2cccc(Cl)c2)CC1. The lowest BCUT2D eigenvalue weighted by Crippen LogP contribution is -2.41. The summed E-state index contributed by atoms with van der Waals surface area (Å²) in [7, 11) is 0. The van der Waals surface area contributed by atoms with Crippen LogP contribution in [0.5, 0.6) is 0 Å². The van der Waals surface area contributed by atoms with Crippen LogP contribution in [0, 0.1) is 0 Å². The Labute approximate surface area is 157 Å². The van der Waals surface area contributed by atoms with E-state index in [0.717, 1.165) is 37.4 Å². The molecule has 0 saturated heterocycles. The lowest BCUT2D eigenvalue weighted by Gasteiger charge is -2.36. The van der Waals surface area contributed by atoms with Crippen LogP contribution >= 0.6 is 11.6 Å². The van der Waals surface area contributed by atoms with Crippen LogP contribution < -0.4 is 5.73 Å². The Bertz CT molecular complexity index is 635. The highest BCUT2D eigenvalue weighted by molar-refractivity contribution is 6.30. The first-order valence-corrected chi connectivity index (χ1v) is 9.86. The zero-order valence-electron chi connectivity index (χ0n) is 14.9. The molecule has 0 aliphatic heterocycles. The highest BCUT2D eigenvalue weighted by Gasteiger charge is 2.24. The van der Waals surface area contributed by atoms with Gasteiger partial charge in [-0.15, -0.1) is 0 Å².